The van der Waals surface area contributed by atoms with Gasteiger partial charge in [0.15, 0.2) is 11.5 Å². The monoisotopic (exact) mass is 416 g/mol. The van der Waals surface area contributed by atoms with Gasteiger partial charge in [-0.05, 0) is 18.2 Å². The third-order valence-corrected chi connectivity index (χ3v) is 5.28. The van der Waals surface area contributed by atoms with Gasteiger partial charge in [-0.25, -0.2) is 4.39 Å². The second kappa shape index (κ2) is 7.58. The lowest BCUT2D eigenvalue weighted by molar-refractivity contribution is 0.174. The first-order valence-electron chi connectivity index (χ1n) is 9.62. The molecular formula is C24H17FN2O4. The Morgan fingerprint density at radius 2 is 1.74 bits per heavy atom. The molecule has 2 heterocycles. The van der Waals surface area contributed by atoms with Crippen LogP contribution in [0.4, 0.5) is 4.39 Å². The van der Waals surface area contributed by atoms with Crippen molar-refractivity contribution in [2.24, 2.45) is 5.73 Å². The van der Waals surface area contributed by atoms with Crippen LogP contribution in [0.25, 0.3) is 0 Å². The van der Waals surface area contributed by atoms with Gasteiger partial charge in [-0.15, -0.1) is 0 Å². The Morgan fingerprint density at radius 1 is 1.00 bits per heavy atom. The molecule has 154 valence electrons. The van der Waals surface area contributed by atoms with E-state index in [1.165, 1.54) is 6.07 Å². The quantitative estimate of drug-likeness (QED) is 0.680. The number of fused-ring (bicyclic) bond motifs is 2. The summed E-state index contributed by atoms with van der Waals surface area (Å²) < 4.78 is 36.7. The standard InChI is InChI=1S/C24H17FN2O4/c25-18-7-3-1-5-14(18)12-28-19-8-4-2-6-15(19)23-16-9-21-22(30-13-29-21)10-20(16)31-24(27)17(23)11-26/h1-10,23H,12-13,27H2. The smallest absolute Gasteiger partial charge is 0.231 e. The lowest BCUT2D eigenvalue weighted by Gasteiger charge is -2.28. The zero-order valence-corrected chi connectivity index (χ0v) is 16.3. The zero-order valence-electron chi connectivity index (χ0n) is 16.3. The van der Waals surface area contributed by atoms with E-state index in [-0.39, 0.29) is 30.7 Å². The molecular weight excluding hydrogens is 399 g/mol. The van der Waals surface area contributed by atoms with Gasteiger partial charge in [0.05, 0.1) is 5.92 Å². The minimum absolute atomic E-state index is 0.0165. The molecule has 0 bridgehead atoms. The van der Waals surface area contributed by atoms with Crippen LogP contribution in [0.3, 0.4) is 0 Å². The Hall–Kier alpha value is -4.18. The van der Waals surface area contributed by atoms with Crippen molar-refractivity contribution in [1.29, 1.82) is 5.26 Å². The third-order valence-electron chi connectivity index (χ3n) is 5.28. The summed E-state index contributed by atoms with van der Waals surface area (Å²) in [6.45, 7) is 0.154. The number of halogens is 1. The van der Waals surface area contributed by atoms with Gasteiger partial charge in [-0.1, -0.05) is 36.4 Å². The second-order valence-electron chi connectivity index (χ2n) is 7.09. The average Bonchev–Trinajstić information content (AvgIpc) is 3.24. The van der Waals surface area contributed by atoms with Crippen LogP contribution in [0.1, 0.15) is 22.6 Å². The second-order valence-corrected chi connectivity index (χ2v) is 7.09. The van der Waals surface area contributed by atoms with Crippen molar-refractivity contribution in [2.45, 2.75) is 12.5 Å². The maximum Gasteiger partial charge on any atom is 0.231 e. The van der Waals surface area contributed by atoms with E-state index in [9.17, 15) is 9.65 Å². The lowest BCUT2D eigenvalue weighted by Crippen LogP contribution is -2.21. The van der Waals surface area contributed by atoms with E-state index in [0.717, 1.165) is 0 Å². The Labute approximate surface area is 177 Å². The fraction of sp³-hybridized carbons (Fsp3) is 0.125. The van der Waals surface area contributed by atoms with Crippen LogP contribution < -0.4 is 24.7 Å². The molecule has 7 heteroatoms. The largest absolute Gasteiger partial charge is 0.488 e. The summed E-state index contributed by atoms with van der Waals surface area (Å²) in [5.74, 6) is 1.25. The lowest BCUT2D eigenvalue weighted by atomic mass is 9.83. The molecule has 0 saturated heterocycles. The first kappa shape index (κ1) is 18.8. The third kappa shape index (κ3) is 3.28. The van der Waals surface area contributed by atoms with Gasteiger partial charge < -0.3 is 24.7 Å². The van der Waals surface area contributed by atoms with Crippen molar-refractivity contribution in [3.8, 4) is 29.1 Å². The Morgan fingerprint density at radius 3 is 2.55 bits per heavy atom. The highest BCUT2D eigenvalue weighted by Crippen LogP contribution is 2.49. The summed E-state index contributed by atoms with van der Waals surface area (Å²) in [6.07, 6.45) is 0. The normalized spacial score (nSPS) is 16.3. The molecule has 1 atom stereocenters. The van der Waals surface area contributed by atoms with Gasteiger partial charge >= 0.3 is 0 Å². The van der Waals surface area contributed by atoms with Gasteiger partial charge in [-0.2, -0.15) is 5.26 Å². The molecule has 3 aromatic carbocycles. The molecule has 1 unspecified atom stereocenters. The highest BCUT2D eigenvalue weighted by atomic mass is 19.1. The van der Waals surface area contributed by atoms with Crippen LogP contribution in [-0.2, 0) is 6.61 Å². The summed E-state index contributed by atoms with van der Waals surface area (Å²) in [7, 11) is 0. The number of hydrogen-bond acceptors (Lipinski definition) is 6. The average molecular weight is 416 g/mol. The molecule has 3 aromatic rings. The molecule has 0 radical (unpaired) electrons. The molecule has 2 aliphatic heterocycles. The van der Waals surface area contributed by atoms with Crippen LogP contribution in [0.15, 0.2) is 72.1 Å². The van der Waals surface area contributed by atoms with E-state index in [4.69, 9.17) is 24.7 Å². The van der Waals surface area contributed by atoms with Crippen LogP contribution in [0.5, 0.6) is 23.0 Å². The minimum Gasteiger partial charge on any atom is -0.488 e. The molecule has 0 aromatic heterocycles. The zero-order chi connectivity index (χ0) is 21.4. The highest BCUT2D eigenvalue weighted by molar-refractivity contribution is 5.63. The van der Waals surface area contributed by atoms with Crippen molar-refractivity contribution >= 4 is 0 Å². The Kier molecular flexibility index (Phi) is 4.60. The first-order chi connectivity index (χ1) is 15.2. The number of benzene rings is 3. The van der Waals surface area contributed by atoms with E-state index in [2.05, 4.69) is 6.07 Å². The number of para-hydroxylation sites is 1. The van der Waals surface area contributed by atoms with E-state index in [1.54, 1.807) is 36.4 Å². The predicted molar refractivity (Wildman–Crippen MR) is 109 cm³/mol. The van der Waals surface area contributed by atoms with E-state index < -0.39 is 5.92 Å². The van der Waals surface area contributed by atoms with Crippen molar-refractivity contribution in [1.82, 2.24) is 0 Å². The maximum absolute atomic E-state index is 14.1. The Balaban J connectivity index is 1.58. The first-order valence-corrected chi connectivity index (χ1v) is 9.62. The number of hydrogen-bond donors (Lipinski definition) is 1. The Bertz CT molecular complexity index is 1250. The van der Waals surface area contributed by atoms with E-state index in [1.807, 2.05) is 18.2 Å². The molecule has 0 aliphatic carbocycles. The summed E-state index contributed by atoms with van der Waals surface area (Å²) in [5, 5.41) is 9.83. The van der Waals surface area contributed by atoms with Gasteiger partial charge in [0.1, 0.15) is 35.6 Å². The molecule has 5 rings (SSSR count). The molecule has 0 amide bonds. The minimum atomic E-state index is -0.542. The molecule has 6 nitrogen and oxygen atoms in total. The van der Waals surface area contributed by atoms with Crippen molar-refractivity contribution in [3.05, 3.63) is 94.6 Å². The molecule has 2 N–H and O–H groups in total. The van der Waals surface area contributed by atoms with Gasteiger partial charge in [0.25, 0.3) is 0 Å². The maximum atomic E-state index is 14.1. The molecule has 0 fully saturated rings. The topological polar surface area (TPSA) is 86.7 Å². The van der Waals surface area contributed by atoms with Crippen molar-refractivity contribution in [3.63, 3.8) is 0 Å². The van der Waals surface area contributed by atoms with E-state index >= 15 is 0 Å². The number of allylic oxidation sites excluding steroid dienone is 1. The molecule has 31 heavy (non-hydrogen) atoms. The molecule has 2 aliphatic rings. The van der Waals surface area contributed by atoms with Crippen molar-refractivity contribution < 1.29 is 23.3 Å². The number of nitrogens with zero attached hydrogens (tertiary/aromatic N) is 1. The van der Waals surface area contributed by atoms with Crippen LogP contribution >= 0.6 is 0 Å². The summed E-state index contributed by atoms with van der Waals surface area (Å²) in [5.41, 5.74) is 8.19. The summed E-state index contributed by atoms with van der Waals surface area (Å²) in [6, 6.07) is 19.4. The fourth-order valence-electron chi connectivity index (χ4n) is 3.79. The van der Waals surface area contributed by atoms with Gasteiger partial charge in [0, 0.05) is 22.8 Å². The number of nitrogens with two attached hydrogens (primary N) is 1. The number of nitriles is 1. The van der Waals surface area contributed by atoms with Gasteiger partial charge in [0.2, 0.25) is 12.7 Å². The predicted octanol–water partition coefficient (Wildman–Crippen LogP) is 4.35. The summed E-state index contributed by atoms with van der Waals surface area (Å²) in [4.78, 5) is 0. The number of rotatable bonds is 4. The van der Waals surface area contributed by atoms with E-state index in [0.29, 0.717) is 39.7 Å². The van der Waals surface area contributed by atoms with Crippen LogP contribution in [0, 0.1) is 17.1 Å². The van der Waals surface area contributed by atoms with Crippen LogP contribution in [0.2, 0.25) is 0 Å². The van der Waals surface area contributed by atoms with Crippen molar-refractivity contribution in [2.75, 3.05) is 6.79 Å². The molecule has 0 saturated carbocycles. The summed E-state index contributed by atoms with van der Waals surface area (Å²) >= 11 is 0. The fourth-order valence-corrected chi connectivity index (χ4v) is 3.79. The SMILES string of the molecule is N#CC1=C(N)Oc2cc3c(cc2C1c1ccccc1OCc1ccccc1F)OCO3. The number of ether oxygens (including phenoxy) is 4. The van der Waals surface area contributed by atoms with Gasteiger partial charge in [-0.3, -0.25) is 0 Å². The highest BCUT2D eigenvalue weighted by Gasteiger charge is 2.34. The molecule has 0 spiro atoms. The van der Waals surface area contributed by atoms with Crippen LogP contribution in [-0.4, -0.2) is 6.79 Å².